The second kappa shape index (κ2) is 4.60. The van der Waals surface area contributed by atoms with Crippen molar-refractivity contribution in [3.05, 3.63) is 29.1 Å². The maximum atomic E-state index is 13.2. The van der Waals surface area contributed by atoms with Gasteiger partial charge in [-0.15, -0.1) is 0 Å². The highest BCUT2D eigenvalue weighted by Gasteiger charge is 2.33. The van der Waals surface area contributed by atoms with E-state index < -0.39 is 21.9 Å². The Morgan fingerprint density at radius 1 is 1.33 bits per heavy atom. The number of hydrogen-bond donors (Lipinski definition) is 1. The van der Waals surface area contributed by atoms with Crippen molar-refractivity contribution in [3.63, 3.8) is 0 Å². The van der Waals surface area contributed by atoms with Gasteiger partial charge in [0.05, 0.1) is 11.0 Å². The summed E-state index contributed by atoms with van der Waals surface area (Å²) in [6, 6.07) is 2.43. The molecule has 1 aromatic carbocycles. The summed E-state index contributed by atoms with van der Waals surface area (Å²) < 4.78 is 39.3. The molecule has 1 N–H and O–H groups in total. The van der Waals surface area contributed by atoms with Gasteiger partial charge in [0, 0.05) is 13.1 Å². The lowest BCUT2D eigenvalue weighted by Crippen LogP contribution is -2.30. The van der Waals surface area contributed by atoms with Crippen molar-refractivity contribution in [2.24, 2.45) is 0 Å². The van der Waals surface area contributed by atoms with Crippen LogP contribution in [0.25, 0.3) is 0 Å². The standard InChI is InChI=1S/C12H16FNO3S/c1-8-5-10(13)6-9(2)12(8)18(16,17)14-4-3-11(15)7-14/h5-6,11,15H,3-4,7H2,1-2H3/t11-/m1/s1. The van der Waals surface area contributed by atoms with Crippen LogP contribution in [0.1, 0.15) is 17.5 Å². The molecule has 0 aromatic heterocycles. The summed E-state index contributed by atoms with van der Waals surface area (Å²) in [6.45, 7) is 3.57. The van der Waals surface area contributed by atoms with Crippen LogP contribution in [0.2, 0.25) is 0 Å². The van der Waals surface area contributed by atoms with Gasteiger partial charge in [0.25, 0.3) is 0 Å². The molecule has 0 unspecified atom stereocenters. The van der Waals surface area contributed by atoms with Gasteiger partial charge in [0.15, 0.2) is 0 Å². The topological polar surface area (TPSA) is 57.6 Å². The molecule has 1 aromatic rings. The third-order valence-corrected chi connectivity index (χ3v) is 5.32. The smallest absolute Gasteiger partial charge is 0.243 e. The Bertz CT molecular complexity index is 548. The Morgan fingerprint density at radius 3 is 2.33 bits per heavy atom. The van der Waals surface area contributed by atoms with E-state index in [-0.39, 0.29) is 11.4 Å². The van der Waals surface area contributed by atoms with Gasteiger partial charge in [-0.25, -0.2) is 12.8 Å². The Kier molecular flexibility index (Phi) is 3.44. The monoisotopic (exact) mass is 273 g/mol. The number of benzene rings is 1. The second-order valence-electron chi connectivity index (χ2n) is 4.67. The summed E-state index contributed by atoms with van der Waals surface area (Å²) in [6.07, 6.45) is -0.167. The van der Waals surface area contributed by atoms with E-state index in [2.05, 4.69) is 0 Å². The number of rotatable bonds is 2. The van der Waals surface area contributed by atoms with Gasteiger partial charge >= 0.3 is 0 Å². The second-order valence-corrected chi connectivity index (χ2v) is 6.55. The van der Waals surface area contributed by atoms with Crippen molar-refractivity contribution in [1.82, 2.24) is 4.31 Å². The molecule has 0 amide bonds. The largest absolute Gasteiger partial charge is 0.392 e. The highest BCUT2D eigenvalue weighted by atomic mass is 32.2. The van der Waals surface area contributed by atoms with Crippen molar-refractivity contribution in [2.75, 3.05) is 13.1 Å². The minimum Gasteiger partial charge on any atom is -0.392 e. The molecular formula is C12H16FNO3S. The van der Waals surface area contributed by atoms with Crippen LogP contribution >= 0.6 is 0 Å². The first kappa shape index (κ1) is 13.5. The number of aryl methyl sites for hydroxylation is 2. The van der Waals surface area contributed by atoms with Gasteiger partial charge in [-0.1, -0.05) is 0 Å². The first-order chi connectivity index (χ1) is 8.32. The summed E-state index contributed by atoms with van der Waals surface area (Å²) in [5, 5.41) is 9.43. The van der Waals surface area contributed by atoms with Gasteiger partial charge in [-0.05, 0) is 43.5 Å². The summed E-state index contributed by atoms with van der Waals surface area (Å²) in [4.78, 5) is 0.151. The van der Waals surface area contributed by atoms with Crippen LogP contribution in [-0.2, 0) is 10.0 Å². The molecule has 100 valence electrons. The van der Waals surface area contributed by atoms with Crippen LogP contribution in [0.5, 0.6) is 0 Å². The molecule has 1 aliphatic rings. The zero-order valence-corrected chi connectivity index (χ0v) is 11.2. The summed E-state index contributed by atoms with van der Waals surface area (Å²) in [5.74, 6) is -0.439. The first-order valence-corrected chi connectivity index (χ1v) is 7.21. The molecule has 4 nitrogen and oxygen atoms in total. The Morgan fingerprint density at radius 2 is 1.89 bits per heavy atom. The van der Waals surface area contributed by atoms with Crippen LogP contribution in [0, 0.1) is 19.7 Å². The van der Waals surface area contributed by atoms with E-state index in [0.717, 1.165) is 0 Å². The van der Waals surface area contributed by atoms with E-state index in [0.29, 0.717) is 24.1 Å². The number of nitrogens with zero attached hydrogens (tertiary/aromatic N) is 1. The third kappa shape index (κ3) is 2.28. The van der Waals surface area contributed by atoms with Crippen molar-refractivity contribution < 1.29 is 17.9 Å². The lowest BCUT2D eigenvalue weighted by molar-refractivity contribution is 0.189. The van der Waals surface area contributed by atoms with E-state index in [4.69, 9.17) is 0 Å². The molecule has 1 saturated heterocycles. The van der Waals surface area contributed by atoms with Crippen molar-refractivity contribution in [1.29, 1.82) is 0 Å². The van der Waals surface area contributed by atoms with Crippen molar-refractivity contribution in [3.8, 4) is 0 Å². The van der Waals surface area contributed by atoms with Gasteiger partial charge in [-0.2, -0.15) is 4.31 Å². The number of β-amino-alcohol motifs (C(OH)–C–C–N with tert-alkyl or cyclic N) is 1. The normalized spacial score (nSPS) is 21.4. The van der Waals surface area contributed by atoms with Crippen LogP contribution < -0.4 is 0 Å². The van der Waals surface area contributed by atoms with E-state index in [9.17, 15) is 17.9 Å². The molecule has 6 heteroatoms. The minimum absolute atomic E-state index is 0.110. The predicted octanol–water partition coefficient (Wildman–Crippen LogP) is 1.20. The van der Waals surface area contributed by atoms with Gasteiger partial charge in [0.1, 0.15) is 5.82 Å². The fourth-order valence-electron chi connectivity index (χ4n) is 2.36. The Labute approximate surface area is 106 Å². The first-order valence-electron chi connectivity index (χ1n) is 5.77. The Balaban J connectivity index is 2.48. The molecule has 18 heavy (non-hydrogen) atoms. The summed E-state index contributed by atoms with van der Waals surface area (Å²) in [5.41, 5.74) is 0.794. The number of aliphatic hydroxyl groups excluding tert-OH is 1. The molecule has 2 rings (SSSR count). The van der Waals surface area contributed by atoms with Gasteiger partial charge < -0.3 is 5.11 Å². The Hall–Kier alpha value is -0.980. The molecule has 0 spiro atoms. The average Bonchev–Trinajstić information content (AvgIpc) is 2.63. The highest BCUT2D eigenvalue weighted by Crippen LogP contribution is 2.27. The SMILES string of the molecule is Cc1cc(F)cc(C)c1S(=O)(=O)N1CC[C@@H](O)C1. The van der Waals surface area contributed by atoms with Crippen LogP contribution in [0.4, 0.5) is 4.39 Å². The van der Waals surface area contributed by atoms with Crippen LogP contribution in [0.15, 0.2) is 17.0 Å². The molecule has 0 bridgehead atoms. The number of sulfonamides is 1. The minimum atomic E-state index is -3.64. The number of hydrogen-bond acceptors (Lipinski definition) is 3. The zero-order valence-electron chi connectivity index (χ0n) is 10.4. The van der Waals surface area contributed by atoms with E-state index in [1.165, 1.54) is 16.4 Å². The summed E-state index contributed by atoms with van der Waals surface area (Å²) >= 11 is 0. The lowest BCUT2D eigenvalue weighted by Gasteiger charge is -2.19. The molecule has 1 heterocycles. The quantitative estimate of drug-likeness (QED) is 0.881. The van der Waals surface area contributed by atoms with E-state index in [1.54, 1.807) is 13.8 Å². The molecule has 0 saturated carbocycles. The lowest BCUT2D eigenvalue weighted by atomic mass is 10.1. The third-order valence-electron chi connectivity index (χ3n) is 3.15. The van der Waals surface area contributed by atoms with E-state index in [1.807, 2.05) is 0 Å². The average molecular weight is 273 g/mol. The predicted molar refractivity (Wildman–Crippen MR) is 65.3 cm³/mol. The molecule has 0 aliphatic carbocycles. The van der Waals surface area contributed by atoms with Crippen LogP contribution in [-0.4, -0.2) is 37.0 Å². The number of halogens is 1. The maximum Gasteiger partial charge on any atom is 0.243 e. The van der Waals surface area contributed by atoms with Gasteiger partial charge in [0.2, 0.25) is 10.0 Å². The molecule has 1 aliphatic heterocycles. The molecular weight excluding hydrogens is 257 g/mol. The van der Waals surface area contributed by atoms with Crippen LogP contribution in [0.3, 0.4) is 0 Å². The maximum absolute atomic E-state index is 13.2. The molecule has 1 atom stereocenters. The van der Waals surface area contributed by atoms with Crippen molar-refractivity contribution in [2.45, 2.75) is 31.3 Å². The zero-order chi connectivity index (χ0) is 13.5. The fourth-order valence-corrected chi connectivity index (χ4v) is 4.27. The highest BCUT2D eigenvalue weighted by molar-refractivity contribution is 7.89. The fraction of sp³-hybridized carbons (Fsp3) is 0.500. The van der Waals surface area contributed by atoms with Gasteiger partial charge in [-0.3, -0.25) is 0 Å². The van der Waals surface area contributed by atoms with E-state index >= 15 is 0 Å². The summed E-state index contributed by atoms with van der Waals surface area (Å²) in [7, 11) is -3.64. The number of aliphatic hydroxyl groups is 1. The van der Waals surface area contributed by atoms with Crippen molar-refractivity contribution >= 4 is 10.0 Å². The molecule has 1 fully saturated rings. The molecule has 0 radical (unpaired) electrons.